The van der Waals surface area contributed by atoms with E-state index >= 15 is 0 Å². The van der Waals surface area contributed by atoms with E-state index in [1.54, 1.807) is 30.3 Å². The Kier molecular flexibility index (Phi) is 7.49. The van der Waals surface area contributed by atoms with Crippen LogP contribution in [0.3, 0.4) is 0 Å². The minimum Gasteiger partial charge on any atom is -0.381 e. The molecule has 1 aromatic carbocycles. The molecule has 2 aliphatic rings. The molecule has 168 valence electrons. The maximum atomic E-state index is 13.4. The van der Waals surface area contributed by atoms with Gasteiger partial charge in [0.2, 0.25) is 15.9 Å². The Morgan fingerprint density at radius 3 is 2.30 bits per heavy atom. The van der Waals surface area contributed by atoms with E-state index < -0.39 is 20.7 Å². The minimum atomic E-state index is -3.22. The summed E-state index contributed by atoms with van der Waals surface area (Å²) in [5.74, 6) is -0.376. The van der Waals surface area contributed by atoms with E-state index in [0.717, 1.165) is 5.56 Å². The van der Waals surface area contributed by atoms with Gasteiger partial charge in [0.15, 0.2) is 0 Å². The van der Waals surface area contributed by atoms with Gasteiger partial charge in [-0.05, 0) is 44.4 Å². The van der Waals surface area contributed by atoms with Crippen molar-refractivity contribution in [3.05, 3.63) is 35.6 Å². The van der Waals surface area contributed by atoms with E-state index in [2.05, 4.69) is 10.2 Å². The van der Waals surface area contributed by atoms with E-state index in [9.17, 15) is 17.6 Å². The first-order chi connectivity index (χ1) is 14.3. The Morgan fingerprint density at radius 1 is 1.13 bits per heavy atom. The van der Waals surface area contributed by atoms with Crippen LogP contribution < -0.4 is 5.32 Å². The van der Waals surface area contributed by atoms with Gasteiger partial charge in [0.1, 0.15) is 5.82 Å². The largest absolute Gasteiger partial charge is 0.381 e. The molecule has 0 radical (unpaired) electrons. The third-order valence-corrected chi connectivity index (χ3v) is 8.45. The molecule has 0 unspecified atom stereocenters. The summed E-state index contributed by atoms with van der Waals surface area (Å²) < 4.78 is 44.9. The highest BCUT2D eigenvalue weighted by atomic mass is 32.2. The van der Waals surface area contributed by atoms with Crippen molar-refractivity contribution in [3.63, 3.8) is 0 Å². The van der Waals surface area contributed by atoms with Crippen LogP contribution in [0.2, 0.25) is 0 Å². The summed E-state index contributed by atoms with van der Waals surface area (Å²) in [7, 11) is -3.22. The molecule has 1 amide bonds. The van der Waals surface area contributed by atoms with Gasteiger partial charge in [0, 0.05) is 52.5 Å². The molecule has 0 atom stereocenters. The van der Waals surface area contributed by atoms with Crippen LogP contribution in [-0.4, -0.2) is 81.3 Å². The van der Waals surface area contributed by atoms with Gasteiger partial charge in [-0.15, -0.1) is 0 Å². The first-order valence-corrected chi connectivity index (χ1v) is 12.1. The molecule has 2 heterocycles. The van der Waals surface area contributed by atoms with Gasteiger partial charge in [0.05, 0.1) is 10.7 Å². The van der Waals surface area contributed by atoms with Crippen LogP contribution in [0, 0.1) is 5.82 Å². The van der Waals surface area contributed by atoms with Gasteiger partial charge in [0.25, 0.3) is 0 Å². The quantitative estimate of drug-likeness (QED) is 0.691. The maximum absolute atomic E-state index is 13.4. The first-order valence-electron chi connectivity index (χ1n) is 10.6. The zero-order valence-electron chi connectivity index (χ0n) is 17.8. The van der Waals surface area contributed by atoms with Gasteiger partial charge in [-0.2, -0.15) is 4.31 Å². The SMILES string of the molecule is CC(C)S(=O)(=O)N1CCN(CCNC(=O)C2(c3ccc(F)cc3)CCOCC2)CC1. The number of carbonyl (C=O) groups is 1. The highest BCUT2D eigenvalue weighted by molar-refractivity contribution is 7.89. The molecule has 0 aliphatic carbocycles. The molecule has 9 heteroatoms. The van der Waals surface area contributed by atoms with Crippen molar-refractivity contribution in [2.24, 2.45) is 0 Å². The smallest absolute Gasteiger partial charge is 0.230 e. The van der Waals surface area contributed by atoms with Gasteiger partial charge >= 0.3 is 0 Å². The summed E-state index contributed by atoms with van der Waals surface area (Å²) in [6.07, 6.45) is 1.13. The molecule has 1 aromatic rings. The molecule has 2 saturated heterocycles. The monoisotopic (exact) mass is 441 g/mol. The van der Waals surface area contributed by atoms with E-state index in [1.807, 2.05) is 0 Å². The fourth-order valence-corrected chi connectivity index (χ4v) is 5.41. The van der Waals surface area contributed by atoms with Gasteiger partial charge in [-0.3, -0.25) is 9.69 Å². The lowest BCUT2D eigenvalue weighted by Gasteiger charge is -2.37. The normalized spacial score (nSPS) is 20.9. The average molecular weight is 442 g/mol. The highest BCUT2D eigenvalue weighted by Gasteiger charge is 2.41. The summed E-state index contributed by atoms with van der Waals surface area (Å²) in [5.41, 5.74) is 0.118. The molecule has 0 spiro atoms. The number of piperazine rings is 1. The number of nitrogens with zero attached hydrogens (tertiary/aromatic N) is 2. The van der Waals surface area contributed by atoms with Gasteiger partial charge < -0.3 is 10.1 Å². The summed E-state index contributed by atoms with van der Waals surface area (Å²) in [6.45, 7) is 7.80. The number of amides is 1. The molecule has 0 aromatic heterocycles. The van der Waals surface area contributed by atoms with E-state index in [4.69, 9.17) is 4.74 Å². The van der Waals surface area contributed by atoms with Gasteiger partial charge in [-0.25, -0.2) is 12.8 Å². The number of ether oxygens (including phenoxy) is 1. The zero-order chi connectivity index (χ0) is 21.8. The van der Waals surface area contributed by atoms with Crippen molar-refractivity contribution in [1.82, 2.24) is 14.5 Å². The van der Waals surface area contributed by atoms with Crippen LogP contribution >= 0.6 is 0 Å². The Balaban J connectivity index is 1.54. The lowest BCUT2D eigenvalue weighted by atomic mass is 9.73. The summed E-state index contributed by atoms with van der Waals surface area (Å²) >= 11 is 0. The third-order valence-electron chi connectivity index (χ3n) is 6.18. The number of hydrogen-bond acceptors (Lipinski definition) is 5. The van der Waals surface area contributed by atoms with Crippen molar-refractivity contribution in [2.75, 3.05) is 52.5 Å². The molecule has 2 fully saturated rings. The van der Waals surface area contributed by atoms with Crippen molar-refractivity contribution in [2.45, 2.75) is 37.4 Å². The number of carbonyl (C=O) groups excluding carboxylic acids is 1. The number of rotatable bonds is 7. The van der Waals surface area contributed by atoms with Crippen LogP contribution in [0.15, 0.2) is 24.3 Å². The Bertz CT molecular complexity index is 815. The molecule has 0 saturated carbocycles. The molecule has 7 nitrogen and oxygen atoms in total. The maximum Gasteiger partial charge on any atom is 0.230 e. The van der Waals surface area contributed by atoms with Crippen LogP contribution in [0.4, 0.5) is 4.39 Å². The Morgan fingerprint density at radius 2 is 1.73 bits per heavy atom. The van der Waals surface area contributed by atoms with Crippen LogP contribution in [0.25, 0.3) is 0 Å². The lowest BCUT2D eigenvalue weighted by Crippen LogP contribution is -2.53. The van der Waals surface area contributed by atoms with Crippen molar-refractivity contribution in [1.29, 1.82) is 0 Å². The van der Waals surface area contributed by atoms with Crippen LogP contribution in [0.1, 0.15) is 32.3 Å². The molecule has 3 rings (SSSR count). The van der Waals surface area contributed by atoms with Crippen molar-refractivity contribution >= 4 is 15.9 Å². The minimum absolute atomic E-state index is 0.0570. The van der Waals surface area contributed by atoms with Crippen molar-refractivity contribution < 1.29 is 22.3 Å². The van der Waals surface area contributed by atoms with Crippen LogP contribution in [0.5, 0.6) is 0 Å². The fourth-order valence-electron chi connectivity index (χ4n) is 4.14. The topological polar surface area (TPSA) is 79.0 Å². The number of hydrogen-bond donors (Lipinski definition) is 1. The predicted octanol–water partition coefficient (Wildman–Crippen LogP) is 1.35. The average Bonchev–Trinajstić information content (AvgIpc) is 2.75. The number of halogens is 1. The summed E-state index contributed by atoms with van der Waals surface area (Å²) in [4.78, 5) is 15.3. The summed E-state index contributed by atoms with van der Waals surface area (Å²) in [5, 5.41) is 2.64. The second kappa shape index (κ2) is 9.72. The van der Waals surface area contributed by atoms with E-state index in [0.29, 0.717) is 65.3 Å². The second-order valence-electron chi connectivity index (χ2n) is 8.29. The zero-order valence-corrected chi connectivity index (χ0v) is 18.6. The Labute approximate surface area is 178 Å². The number of nitrogens with one attached hydrogen (secondary N) is 1. The number of benzene rings is 1. The fraction of sp³-hybridized carbons (Fsp3) is 0.667. The number of sulfonamides is 1. The van der Waals surface area contributed by atoms with Crippen LogP contribution in [-0.2, 0) is 25.0 Å². The highest BCUT2D eigenvalue weighted by Crippen LogP contribution is 2.35. The Hall–Kier alpha value is -1.55. The molecular formula is C21H32FN3O4S. The van der Waals surface area contributed by atoms with Crippen molar-refractivity contribution in [3.8, 4) is 0 Å². The lowest BCUT2D eigenvalue weighted by molar-refractivity contribution is -0.130. The standard InChI is InChI=1S/C21H32FN3O4S/c1-17(2)30(27,28)25-13-11-24(12-14-25)10-9-23-20(26)21(7-15-29-16-8-21)18-3-5-19(22)6-4-18/h3-6,17H,7-16H2,1-2H3,(H,23,26). The molecule has 30 heavy (non-hydrogen) atoms. The van der Waals surface area contributed by atoms with E-state index in [1.165, 1.54) is 12.1 Å². The first kappa shape index (κ1) is 23.1. The predicted molar refractivity (Wildman–Crippen MR) is 113 cm³/mol. The van der Waals surface area contributed by atoms with E-state index in [-0.39, 0.29) is 11.7 Å². The molecular weight excluding hydrogens is 409 g/mol. The second-order valence-corrected chi connectivity index (χ2v) is 10.8. The van der Waals surface area contributed by atoms with Gasteiger partial charge in [-0.1, -0.05) is 12.1 Å². The molecule has 2 aliphatic heterocycles. The molecule has 0 bridgehead atoms. The third kappa shape index (κ3) is 5.01. The molecule has 1 N–H and O–H groups in total. The summed E-state index contributed by atoms with van der Waals surface area (Å²) in [6, 6.07) is 6.16.